The van der Waals surface area contributed by atoms with E-state index in [1.165, 1.54) is 0 Å². The molecule has 0 radical (unpaired) electrons. The maximum Gasteiger partial charge on any atom is 0.308 e. The van der Waals surface area contributed by atoms with E-state index < -0.39 is 5.97 Å². The number of benzene rings is 1. The summed E-state index contributed by atoms with van der Waals surface area (Å²) in [4.78, 5) is 39.9. The summed E-state index contributed by atoms with van der Waals surface area (Å²) >= 11 is 0. The van der Waals surface area contributed by atoms with E-state index in [4.69, 9.17) is 0 Å². The van der Waals surface area contributed by atoms with E-state index >= 15 is 0 Å². The van der Waals surface area contributed by atoms with Crippen LogP contribution in [-0.4, -0.2) is 52.1 Å². The Balaban J connectivity index is 1.70. The minimum absolute atomic E-state index is 0.0196. The van der Waals surface area contributed by atoms with Gasteiger partial charge in [-0.15, -0.1) is 0 Å². The van der Waals surface area contributed by atoms with Gasteiger partial charge in [-0.3, -0.25) is 9.59 Å². The fraction of sp³-hybridized carbons (Fsp3) is 0.455. The molecule has 8 nitrogen and oxygen atoms in total. The third kappa shape index (κ3) is 3.52. The van der Waals surface area contributed by atoms with Crippen LogP contribution in [0.5, 0.6) is 0 Å². The molecule has 2 N–H and O–H groups in total. The largest absolute Gasteiger partial charge is 0.481 e. The minimum Gasteiger partial charge on any atom is -0.481 e. The van der Waals surface area contributed by atoms with Crippen LogP contribution in [0.4, 0.5) is 17.2 Å². The van der Waals surface area contributed by atoms with Crippen LogP contribution < -0.4 is 21.3 Å². The molecule has 1 aliphatic carbocycles. The average Bonchev–Trinajstić information content (AvgIpc) is 3.17. The van der Waals surface area contributed by atoms with E-state index in [-0.39, 0.29) is 22.9 Å². The molecule has 0 unspecified atom stereocenters. The molecule has 0 amide bonds. The first-order valence-electron chi connectivity index (χ1n) is 10.3. The molecule has 0 spiro atoms. The van der Waals surface area contributed by atoms with Crippen molar-refractivity contribution in [3.05, 3.63) is 44.5 Å². The van der Waals surface area contributed by atoms with Gasteiger partial charge < -0.3 is 19.9 Å². The van der Waals surface area contributed by atoms with Crippen LogP contribution in [0.3, 0.4) is 0 Å². The van der Waals surface area contributed by atoms with Gasteiger partial charge >= 0.3 is 5.97 Å². The van der Waals surface area contributed by atoms with Crippen LogP contribution >= 0.6 is 0 Å². The molecule has 1 saturated carbocycles. The highest BCUT2D eigenvalue weighted by molar-refractivity contribution is 5.77. The average molecular weight is 409 g/mol. The quantitative estimate of drug-likeness (QED) is 0.774. The molecule has 1 aromatic heterocycles. The standard InChI is InChI=1S/C22H27N5O3/c1-12-10-16-18(11-13(12)2)27(20-19(25-16)21(28)24-14(3)23-20)9-8-26(4)17-7-5-6-15(17)22(29)30/h10-11,15,17H,3,5-9H2,1-2,4H3,(H,24,28)(H,29,30)/t15-,17+/m1/s1. The van der Waals surface area contributed by atoms with E-state index in [1.54, 1.807) is 0 Å². The Hall–Kier alpha value is -3.00. The lowest BCUT2D eigenvalue weighted by Crippen LogP contribution is -2.46. The first-order chi connectivity index (χ1) is 14.3. The van der Waals surface area contributed by atoms with Crippen LogP contribution in [0.25, 0.3) is 6.58 Å². The number of aromatic nitrogens is 2. The highest BCUT2D eigenvalue weighted by Crippen LogP contribution is 2.37. The SMILES string of the molecule is C=c1nc2c(c(=O)[nH]1)=Nc1cc(C)c(C)cc1N2CCN(C)[C@H]1CCC[C@H]1C(=O)O. The van der Waals surface area contributed by atoms with Gasteiger partial charge in [-0.2, -0.15) is 0 Å². The summed E-state index contributed by atoms with van der Waals surface area (Å²) in [7, 11) is 1.97. The zero-order chi connectivity index (χ0) is 21.6. The summed E-state index contributed by atoms with van der Waals surface area (Å²) in [6, 6.07) is 4.07. The van der Waals surface area contributed by atoms with E-state index in [1.807, 2.05) is 31.9 Å². The van der Waals surface area contributed by atoms with Crippen molar-refractivity contribution in [1.82, 2.24) is 14.9 Å². The molecule has 2 atom stereocenters. The number of aromatic amines is 1. The zero-order valence-corrected chi connectivity index (χ0v) is 17.6. The molecule has 30 heavy (non-hydrogen) atoms. The molecule has 158 valence electrons. The lowest BCUT2D eigenvalue weighted by atomic mass is 10.0. The number of aliphatic carboxylic acids is 1. The number of aryl methyl sites for hydroxylation is 2. The van der Waals surface area contributed by atoms with Crippen molar-refractivity contribution in [1.29, 1.82) is 0 Å². The number of fused-ring (bicyclic) bond motifs is 2. The fourth-order valence-corrected chi connectivity index (χ4v) is 4.52. The van der Waals surface area contributed by atoms with Gasteiger partial charge in [0.25, 0.3) is 5.56 Å². The second kappa shape index (κ2) is 7.68. The first kappa shape index (κ1) is 20.3. The Labute approximate surface area is 174 Å². The molecular weight excluding hydrogens is 382 g/mol. The fourth-order valence-electron chi connectivity index (χ4n) is 4.52. The zero-order valence-electron chi connectivity index (χ0n) is 17.6. The van der Waals surface area contributed by atoms with Gasteiger partial charge in [0.2, 0.25) is 0 Å². The van der Waals surface area contributed by atoms with Gasteiger partial charge in [-0.05, 0) is 57.0 Å². The summed E-state index contributed by atoms with van der Waals surface area (Å²) in [5.41, 5.74) is 3.85. The Morgan fingerprint density at radius 3 is 2.80 bits per heavy atom. The molecule has 4 rings (SSSR count). The summed E-state index contributed by atoms with van der Waals surface area (Å²) in [6.07, 6.45) is 2.54. The maximum absolute atomic E-state index is 12.5. The highest BCUT2D eigenvalue weighted by atomic mass is 16.4. The minimum atomic E-state index is -0.724. The number of hydrogen-bond donors (Lipinski definition) is 2. The number of nitrogens with zero attached hydrogens (tertiary/aromatic N) is 4. The maximum atomic E-state index is 12.5. The molecule has 0 bridgehead atoms. The number of nitrogens with one attached hydrogen (secondary N) is 1. The van der Waals surface area contributed by atoms with Crippen LogP contribution in [0.1, 0.15) is 30.4 Å². The molecule has 1 aromatic carbocycles. The van der Waals surface area contributed by atoms with E-state index in [9.17, 15) is 14.7 Å². The normalized spacial score (nSPS) is 20.1. The van der Waals surface area contributed by atoms with Crippen LogP contribution in [0.15, 0.2) is 21.9 Å². The topological polar surface area (TPSA) is 102 Å². The third-order valence-electron chi connectivity index (χ3n) is 6.33. The summed E-state index contributed by atoms with van der Waals surface area (Å²) in [5.74, 6) is -0.560. The second-order valence-electron chi connectivity index (χ2n) is 8.30. The Kier molecular flexibility index (Phi) is 5.19. The first-order valence-corrected chi connectivity index (χ1v) is 10.3. The van der Waals surface area contributed by atoms with Gasteiger partial charge in [0, 0.05) is 19.1 Å². The molecule has 2 aliphatic rings. The molecule has 1 fully saturated rings. The smallest absolute Gasteiger partial charge is 0.308 e. The van der Waals surface area contributed by atoms with Crippen molar-refractivity contribution in [2.45, 2.75) is 39.2 Å². The number of carboxylic acids is 1. The van der Waals surface area contributed by atoms with Crippen molar-refractivity contribution in [2.24, 2.45) is 10.9 Å². The Morgan fingerprint density at radius 1 is 1.33 bits per heavy atom. The van der Waals surface area contributed by atoms with Crippen LogP contribution in [-0.2, 0) is 4.79 Å². The molecule has 8 heteroatoms. The van der Waals surface area contributed by atoms with Crippen molar-refractivity contribution in [3.63, 3.8) is 0 Å². The predicted octanol–water partition coefficient (Wildman–Crippen LogP) is 1.38. The Morgan fingerprint density at radius 2 is 2.07 bits per heavy atom. The molecule has 1 aliphatic heterocycles. The van der Waals surface area contributed by atoms with Gasteiger partial charge in [0.15, 0.2) is 11.2 Å². The second-order valence-corrected chi connectivity index (χ2v) is 8.30. The molecule has 2 aromatic rings. The monoisotopic (exact) mass is 409 g/mol. The number of rotatable bonds is 5. The van der Waals surface area contributed by atoms with Gasteiger partial charge in [-0.1, -0.05) is 13.0 Å². The number of carboxylic acid groups (broad SMARTS) is 1. The highest BCUT2D eigenvalue weighted by Gasteiger charge is 2.35. The van der Waals surface area contributed by atoms with Gasteiger partial charge in [-0.25, -0.2) is 9.98 Å². The predicted molar refractivity (Wildman–Crippen MR) is 115 cm³/mol. The number of H-pyrrole nitrogens is 1. The molecular formula is C22H27N5O3. The van der Waals surface area contributed by atoms with Crippen LogP contribution in [0.2, 0.25) is 0 Å². The van der Waals surface area contributed by atoms with Gasteiger partial charge in [0.1, 0.15) is 5.48 Å². The number of anilines is 2. The van der Waals surface area contributed by atoms with E-state index in [2.05, 4.69) is 32.5 Å². The van der Waals surface area contributed by atoms with Crippen molar-refractivity contribution in [2.75, 3.05) is 25.0 Å². The summed E-state index contributed by atoms with van der Waals surface area (Å²) in [6.45, 7) is 9.06. The van der Waals surface area contributed by atoms with Crippen molar-refractivity contribution in [3.8, 4) is 0 Å². The van der Waals surface area contributed by atoms with Crippen molar-refractivity contribution >= 4 is 29.7 Å². The van der Waals surface area contributed by atoms with E-state index in [0.717, 1.165) is 41.8 Å². The van der Waals surface area contributed by atoms with Crippen molar-refractivity contribution < 1.29 is 9.90 Å². The summed E-state index contributed by atoms with van der Waals surface area (Å²) in [5, 5.41) is 9.81. The number of likely N-dealkylation sites (N-methyl/N-ethyl adjacent to an activating group) is 1. The third-order valence-corrected chi connectivity index (χ3v) is 6.33. The number of carbonyl (C=O) groups is 1. The number of hydrogen-bond acceptors (Lipinski definition) is 6. The van der Waals surface area contributed by atoms with E-state index in [0.29, 0.717) is 24.4 Å². The van der Waals surface area contributed by atoms with Crippen LogP contribution in [0, 0.1) is 19.8 Å². The molecule has 0 saturated heterocycles. The lowest BCUT2D eigenvalue weighted by molar-refractivity contribution is -0.143. The Bertz CT molecular complexity index is 1170. The lowest BCUT2D eigenvalue weighted by Gasteiger charge is -2.33. The summed E-state index contributed by atoms with van der Waals surface area (Å²) < 4.78 is 0. The molecule has 2 heterocycles. The van der Waals surface area contributed by atoms with Gasteiger partial charge in [0.05, 0.1) is 17.3 Å².